The Labute approximate surface area is 140 Å². The van der Waals surface area contributed by atoms with Crippen LogP contribution in [0.15, 0.2) is 36.4 Å². The Morgan fingerprint density at radius 1 is 1.13 bits per heavy atom. The van der Waals surface area contributed by atoms with E-state index in [9.17, 15) is 0 Å². The molecular weight excluding hydrogens is 310 g/mol. The number of nitrogens with zero attached hydrogens (tertiary/aromatic N) is 2. The highest BCUT2D eigenvalue weighted by atomic mass is 35.5. The molecule has 0 radical (unpaired) electrons. The molecule has 0 amide bonds. The number of hydrogen-bond acceptors (Lipinski definition) is 3. The van der Waals surface area contributed by atoms with Crippen LogP contribution in [0.3, 0.4) is 0 Å². The number of ether oxygens (including phenoxy) is 1. The number of imidazole rings is 1. The van der Waals surface area contributed by atoms with Crippen molar-refractivity contribution in [2.24, 2.45) is 5.73 Å². The molecule has 1 heterocycles. The molecule has 0 aliphatic rings. The molecule has 0 unspecified atom stereocenters. The van der Waals surface area contributed by atoms with Gasteiger partial charge in [0.1, 0.15) is 18.2 Å². The summed E-state index contributed by atoms with van der Waals surface area (Å²) in [6.45, 7) is 5.87. The smallest absolute Gasteiger partial charge is 0.123 e. The lowest BCUT2D eigenvalue weighted by atomic mass is 10.1. The topological polar surface area (TPSA) is 53.1 Å². The molecule has 1 aromatic heterocycles. The molecule has 0 aliphatic heterocycles. The predicted molar refractivity (Wildman–Crippen MR) is 94.0 cm³/mol. The number of aryl methyl sites for hydroxylation is 2. The Bertz CT molecular complexity index is 824. The molecule has 4 nitrogen and oxygen atoms in total. The van der Waals surface area contributed by atoms with E-state index >= 15 is 0 Å². The van der Waals surface area contributed by atoms with Crippen molar-refractivity contribution in [3.63, 3.8) is 0 Å². The number of aromatic nitrogens is 2. The fourth-order valence-corrected chi connectivity index (χ4v) is 2.75. The SMILES string of the molecule is Cc1cc2nc(CN)n(CCOc3ccc(Cl)cc3)c2cc1C. The third kappa shape index (κ3) is 3.33. The number of hydrogen-bond donors (Lipinski definition) is 1. The summed E-state index contributed by atoms with van der Waals surface area (Å²) in [6, 6.07) is 11.7. The van der Waals surface area contributed by atoms with Crippen molar-refractivity contribution in [2.75, 3.05) is 6.61 Å². The second-order valence-corrected chi connectivity index (χ2v) is 6.05. The maximum atomic E-state index is 5.88. The summed E-state index contributed by atoms with van der Waals surface area (Å²) in [4.78, 5) is 4.64. The first-order chi connectivity index (χ1) is 11.1. The maximum Gasteiger partial charge on any atom is 0.123 e. The van der Waals surface area contributed by atoms with Gasteiger partial charge in [-0.3, -0.25) is 0 Å². The van der Waals surface area contributed by atoms with E-state index in [2.05, 4.69) is 35.5 Å². The van der Waals surface area contributed by atoms with E-state index in [1.807, 2.05) is 24.3 Å². The van der Waals surface area contributed by atoms with Crippen LogP contribution in [0.5, 0.6) is 5.75 Å². The lowest BCUT2D eigenvalue weighted by molar-refractivity contribution is 0.298. The van der Waals surface area contributed by atoms with Crippen molar-refractivity contribution in [1.82, 2.24) is 9.55 Å². The molecule has 0 aliphatic carbocycles. The van der Waals surface area contributed by atoms with Gasteiger partial charge in [0.05, 0.1) is 24.1 Å². The van der Waals surface area contributed by atoms with Gasteiger partial charge in [0.2, 0.25) is 0 Å². The second kappa shape index (κ2) is 6.60. The van der Waals surface area contributed by atoms with Crippen LogP contribution in [0.1, 0.15) is 17.0 Å². The lowest BCUT2D eigenvalue weighted by Crippen LogP contribution is -2.13. The normalized spacial score (nSPS) is 11.1. The summed E-state index contributed by atoms with van der Waals surface area (Å²) in [5, 5.41) is 0.703. The number of fused-ring (bicyclic) bond motifs is 1. The van der Waals surface area contributed by atoms with Crippen LogP contribution in [0.2, 0.25) is 5.02 Å². The van der Waals surface area contributed by atoms with E-state index in [-0.39, 0.29) is 0 Å². The summed E-state index contributed by atoms with van der Waals surface area (Å²) in [7, 11) is 0. The molecule has 0 bridgehead atoms. The monoisotopic (exact) mass is 329 g/mol. The van der Waals surface area contributed by atoms with Crippen LogP contribution in [0.4, 0.5) is 0 Å². The molecule has 3 rings (SSSR count). The van der Waals surface area contributed by atoms with E-state index in [1.165, 1.54) is 11.1 Å². The molecule has 3 aromatic rings. The van der Waals surface area contributed by atoms with Gasteiger partial charge < -0.3 is 15.0 Å². The van der Waals surface area contributed by atoms with E-state index < -0.39 is 0 Å². The highest BCUT2D eigenvalue weighted by Gasteiger charge is 2.11. The van der Waals surface area contributed by atoms with E-state index in [0.717, 1.165) is 22.6 Å². The number of benzene rings is 2. The van der Waals surface area contributed by atoms with Gasteiger partial charge in [-0.2, -0.15) is 0 Å². The van der Waals surface area contributed by atoms with Gasteiger partial charge in [0.25, 0.3) is 0 Å². The Morgan fingerprint density at radius 2 is 1.83 bits per heavy atom. The van der Waals surface area contributed by atoms with Gasteiger partial charge in [-0.05, 0) is 61.4 Å². The van der Waals surface area contributed by atoms with Crippen molar-refractivity contribution < 1.29 is 4.74 Å². The van der Waals surface area contributed by atoms with Gasteiger partial charge in [0.15, 0.2) is 0 Å². The molecule has 0 saturated heterocycles. The molecule has 23 heavy (non-hydrogen) atoms. The summed E-state index contributed by atoms with van der Waals surface area (Å²) in [5.41, 5.74) is 10.4. The lowest BCUT2D eigenvalue weighted by Gasteiger charge is -2.10. The highest BCUT2D eigenvalue weighted by Crippen LogP contribution is 2.21. The number of nitrogens with two attached hydrogens (primary N) is 1. The van der Waals surface area contributed by atoms with Gasteiger partial charge in [-0.25, -0.2) is 4.98 Å². The zero-order valence-electron chi connectivity index (χ0n) is 13.3. The van der Waals surface area contributed by atoms with E-state index in [1.54, 1.807) is 0 Å². The first-order valence-electron chi connectivity index (χ1n) is 7.63. The summed E-state index contributed by atoms with van der Waals surface area (Å²) >= 11 is 5.88. The number of halogens is 1. The minimum atomic E-state index is 0.410. The van der Waals surface area contributed by atoms with Crippen molar-refractivity contribution >= 4 is 22.6 Å². The van der Waals surface area contributed by atoms with Crippen LogP contribution in [-0.2, 0) is 13.1 Å². The third-order valence-corrected chi connectivity index (χ3v) is 4.27. The summed E-state index contributed by atoms with van der Waals surface area (Å²) < 4.78 is 7.93. The molecule has 0 saturated carbocycles. The Balaban J connectivity index is 1.81. The quantitative estimate of drug-likeness (QED) is 0.773. The standard InChI is InChI=1S/C18H20ClN3O/c1-12-9-16-17(10-13(12)2)22(18(11-20)21-16)7-8-23-15-5-3-14(19)4-6-15/h3-6,9-10H,7-8,11,20H2,1-2H3. The zero-order valence-corrected chi connectivity index (χ0v) is 14.1. The fourth-order valence-electron chi connectivity index (χ4n) is 2.62. The van der Waals surface area contributed by atoms with Crippen LogP contribution >= 0.6 is 11.6 Å². The van der Waals surface area contributed by atoms with Gasteiger partial charge >= 0.3 is 0 Å². The molecule has 0 fully saturated rings. The Kier molecular flexibility index (Phi) is 4.55. The Morgan fingerprint density at radius 3 is 2.52 bits per heavy atom. The van der Waals surface area contributed by atoms with Crippen molar-refractivity contribution in [2.45, 2.75) is 26.9 Å². The fraction of sp³-hybridized carbons (Fsp3) is 0.278. The van der Waals surface area contributed by atoms with Crippen LogP contribution in [-0.4, -0.2) is 16.2 Å². The Hall–Kier alpha value is -2.04. The van der Waals surface area contributed by atoms with Crippen LogP contribution in [0, 0.1) is 13.8 Å². The van der Waals surface area contributed by atoms with Crippen molar-refractivity contribution in [3.05, 3.63) is 58.4 Å². The molecule has 0 spiro atoms. The predicted octanol–water partition coefficient (Wildman–Crippen LogP) is 3.84. The van der Waals surface area contributed by atoms with Crippen molar-refractivity contribution in [3.8, 4) is 5.75 Å². The van der Waals surface area contributed by atoms with Crippen LogP contribution < -0.4 is 10.5 Å². The first kappa shape index (κ1) is 15.8. The molecule has 2 aromatic carbocycles. The van der Waals surface area contributed by atoms with E-state index in [4.69, 9.17) is 22.1 Å². The number of rotatable bonds is 5. The molecule has 120 valence electrons. The third-order valence-electron chi connectivity index (χ3n) is 4.02. The molecule has 0 atom stereocenters. The average molecular weight is 330 g/mol. The second-order valence-electron chi connectivity index (χ2n) is 5.61. The zero-order chi connectivity index (χ0) is 16.4. The largest absolute Gasteiger partial charge is 0.492 e. The van der Waals surface area contributed by atoms with Crippen molar-refractivity contribution in [1.29, 1.82) is 0 Å². The minimum Gasteiger partial charge on any atom is -0.492 e. The first-order valence-corrected chi connectivity index (χ1v) is 8.01. The van der Waals surface area contributed by atoms with Gasteiger partial charge in [-0.15, -0.1) is 0 Å². The van der Waals surface area contributed by atoms with Crippen LogP contribution in [0.25, 0.3) is 11.0 Å². The van der Waals surface area contributed by atoms with Gasteiger partial charge in [-0.1, -0.05) is 11.6 Å². The summed E-state index contributed by atoms with van der Waals surface area (Å²) in [5.74, 6) is 1.69. The summed E-state index contributed by atoms with van der Waals surface area (Å²) in [6.07, 6.45) is 0. The molecular formula is C18H20ClN3O. The molecule has 2 N–H and O–H groups in total. The average Bonchev–Trinajstić information content (AvgIpc) is 2.87. The molecule has 5 heteroatoms. The maximum absolute atomic E-state index is 5.88. The minimum absolute atomic E-state index is 0.410. The highest BCUT2D eigenvalue weighted by molar-refractivity contribution is 6.30. The van der Waals surface area contributed by atoms with E-state index in [0.29, 0.717) is 24.7 Å². The van der Waals surface area contributed by atoms with Gasteiger partial charge in [0, 0.05) is 5.02 Å².